The van der Waals surface area contributed by atoms with Gasteiger partial charge in [-0.05, 0) is 134 Å². The van der Waals surface area contributed by atoms with Crippen LogP contribution >= 0.6 is 0 Å². The Labute approximate surface area is 433 Å². The van der Waals surface area contributed by atoms with Crippen LogP contribution in [0.4, 0.5) is 22.7 Å². The molecular formula is C68H58N4O. The second kappa shape index (κ2) is 18.2. The zero-order valence-electron chi connectivity index (χ0n) is 45.1. The fraction of sp³-hybridized carbons (Fsp3) is 0.132. The number of pyridine rings is 1. The predicted octanol–water partition coefficient (Wildman–Crippen LogP) is 18.5. The number of para-hydroxylation sites is 3. The molecule has 0 bridgehead atoms. The minimum absolute atomic E-state index is 0.0174. The number of aromatic nitrogens is 2. The van der Waals surface area contributed by atoms with Crippen LogP contribution in [0.1, 0.15) is 56.8 Å². The topological polar surface area (TPSA) is 33.5 Å². The molecule has 0 saturated carbocycles. The summed E-state index contributed by atoms with van der Waals surface area (Å²) in [4.78, 5) is 9.47. The van der Waals surface area contributed by atoms with Crippen molar-refractivity contribution in [3.63, 3.8) is 0 Å². The summed E-state index contributed by atoms with van der Waals surface area (Å²) < 4.78 is 35.7. The molecule has 1 aliphatic heterocycles. The van der Waals surface area contributed by atoms with Gasteiger partial charge in [0.1, 0.15) is 24.0 Å². The first-order valence-electron chi connectivity index (χ1n) is 26.6. The molecule has 73 heavy (non-hydrogen) atoms. The number of hydrogen-bond acceptors (Lipinski definition) is 4. The summed E-state index contributed by atoms with van der Waals surface area (Å²) in [5.74, 6) is 1.61. The van der Waals surface area contributed by atoms with E-state index < -0.39 is 5.41 Å². The van der Waals surface area contributed by atoms with Crippen molar-refractivity contribution in [2.24, 2.45) is 0 Å². The second-order valence-corrected chi connectivity index (χ2v) is 21.1. The monoisotopic (exact) mass is 949 g/mol. The van der Waals surface area contributed by atoms with Crippen molar-refractivity contribution in [3.8, 4) is 61.8 Å². The molecule has 3 heterocycles. The van der Waals surface area contributed by atoms with Gasteiger partial charge in [-0.15, -0.1) is 0 Å². The standard InChI is InChI=1S/C68H58N4O/c1-67(2,3)52-36-37-69-65(42-52)72-61-31-14-13-30-57(61)58-35-34-56(44-64(58)72)73-55-29-19-28-54(43-55)70-45-71(63-33-16-15-32-62(63)70)66-59(50-26-17-24-48(38-50)46-20-9-7-10-21-46)40-53(68(4,5)6)41-60(66)51-27-18-25-49(39-51)47-22-11-8-12-23-47/h7-44H,45H2,1-6H3/i36D,37D,42D. The molecule has 0 atom stereocenters. The van der Waals surface area contributed by atoms with E-state index in [0.29, 0.717) is 29.5 Å². The van der Waals surface area contributed by atoms with Gasteiger partial charge in [-0.1, -0.05) is 175 Å². The second-order valence-electron chi connectivity index (χ2n) is 21.1. The average molecular weight is 950 g/mol. The number of ether oxygens (including phenoxy) is 1. The molecule has 0 fully saturated rings. The molecule has 0 radical (unpaired) electrons. The molecule has 11 aromatic rings. The Hall–Kier alpha value is -8.67. The van der Waals surface area contributed by atoms with Gasteiger partial charge < -0.3 is 14.5 Å². The van der Waals surface area contributed by atoms with Gasteiger partial charge in [0.2, 0.25) is 0 Å². The normalized spacial score (nSPS) is 13.3. The lowest BCUT2D eigenvalue weighted by Crippen LogP contribution is -2.25. The lowest BCUT2D eigenvalue weighted by Gasteiger charge is -2.30. The van der Waals surface area contributed by atoms with Crippen molar-refractivity contribution >= 4 is 44.6 Å². The van der Waals surface area contributed by atoms with Crippen molar-refractivity contribution in [2.45, 2.75) is 52.4 Å². The predicted molar refractivity (Wildman–Crippen MR) is 306 cm³/mol. The van der Waals surface area contributed by atoms with Crippen LogP contribution in [0.5, 0.6) is 11.5 Å². The largest absolute Gasteiger partial charge is 0.457 e. The van der Waals surface area contributed by atoms with Crippen LogP contribution in [-0.2, 0) is 10.8 Å². The molecule has 12 rings (SSSR count). The Bertz CT molecular complexity index is 3920. The first-order chi connectivity index (χ1) is 36.7. The Morgan fingerprint density at radius 2 is 0.986 bits per heavy atom. The minimum atomic E-state index is -0.545. The number of fused-ring (bicyclic) bond motifs is 4. The summed E-state index contributed by atoms with van der Waals surface area (Å²) in [7, 11) is 0. The number of anilines is 4. The Kier molecular flexibility index (Phi) is 10.5. The number of rotatable bonds is 9. The average Bonchev–Trinajstić information content (AvgIpc) is 4.00. The first-order valence-corrected chi connectivity index (χ1v) is 25.1. The van der Waals surface area contributed by atoms with Gasteiger partial charge in [0.25, 0.3) is 0 Å². The molecule has 0 saturated heterocycles. The van der Waals surface area contributed by atoms with E-state index in [4.69, 9.17) is 7.48 Å². The lowest BCUT2D eigenvalue weighted by atomic mass is 9.81. The first kappa shape index (κ1) is 42.1. The third-order valence-electron chi connectivity index (χ3n) is 14.1. The summed E-state index contributed by atoms with van der Waals surface area (Å²) >= 11 is 0. The maximum absolute atomic E-state index is 9.43. The van der Waals surface area contributed by atoms with Crippen molar-refractivity contribution in [3.05, 3.63) is 242 Å². The number of benzene rings is 9. The minimum Gasteiger partial charge on any atom is -0.457 e. The van der Waals surface area contributed by atoms with Gasteiger partial charge in [-0.3, -0.25) is 4.57 Å². The maximum Gasteiger partial charge on any atom is 0.137 e. The van der Waals surface area contributed by atoms with Crippen LogP contribution in [-0.4, -0.2) is 16.2 Å². The van der Waals surface area contributed by atoms with E-state index in [1.165, 1.54) is 16.7 Å². The molecule has 356 valence electrons. The third-order valence-corrected chi connectivity index (χ3v) is 14.1. The molecule has 5 heteroatoms. The van der Waals surface area contributed by atoms with Gasteiger partial charge in [-0.25, -0.2) is 4.98 Å². The van der Waals surface area contributed by atoms with E-state index in [-0.39, 0.29) is 23.7 Å². The van der Waals surface area contributed by atoms with Crippen LogP contribution in [0.3, 0.4) is 0 Å². The van der Waals surface area contributed by atoms with Crippen molar-refractivity contribution in [1.29, 1.82) is 0 Å². The van der Waals surface area contributed by atoms with Crippen molar-refractivity contribution in [2.75, 3.05) is 16.5 Å². The molecule has 0 amide bonds. The highest BCUT2D eigenvalue weighted by atomic mass is 16.5. The van der Waals surface area contributed by atoms with E-state index in [9.17, 15) is 1.37 Å². The number of hydrogen-bond donors (Lipinski definition) is 0. The summed E-state index contributed by atoms with van der Waals surface area (Å²) in [5.41, 5.74) is 16.3. The van der Waals surface area contributed by atoms with Crippen molar-refractivity contribution in [1.82, 2.24) is 9.55 Å². The molecule has 2 aromatic heterocycles. The fourth-order valence-corrected chi connectivity index (χ4v) is 10.3. The molecule has 5 nitrogen and oxygen atoms in total. The molecular weight excluding hydrogens is 889 g/mol. The summed E-state index contributed by atoms with van der Waals surface area (Å²) in [6.07, 6.45) is -0.156. The quantitative estimate of drug-likeness (QED) is 0.144. The summed E-state index contributed by atoms with van der Waals surface area (Å²) in [5, 5.41) is 1.97. The lowest BCUT2D eigenvalue weighted by molar-refractivity contribution is 0.483. The zero-order chi connectivity index (χ0) is 52.5. The third kappa shape index (κ3) is 8.61. The molecule has 0 aliphatic carbocycles. The molecule has 1 aliphatic rings. The summed E-state index contributed by atoms with van der Waals surface area (Å²) in [6.45, 7) is 13.4. The van der Waals surface area contributed by atoms with E-state index >= 15 is 0 Å². The molecule has 0 spiro atoms. The van der Waals surface area contributed by atoms with Crippen LogP contribution in [0.15, 0.2) is 231 Å². The van der Waals surface area contributed by atoms with Crippen LogP contribution in [0.2, 0.25) is 0 Å². The highest BCUT2D eigenvalue weighted by Crippen LogP contribution is 2.52. The fourth-order valence-electron chi connectivity index (χ4n) is 10.3. The highest BCUT2D eigenvalue weighted by molar-refractivity contribution is 6.09. The van der Waals surface area contributed by atoms with Crippen LogP contribution in [0.25, 0.3) is 72.1 Å². The molecule has 0 N–H and O–H groups in total. The molecule has 0 unspecified atom stereocenters. The maximum atomic E-state index is 9.43. The van der Waals surface area contributed by atoms with Crippen molar-refractivity contribution < 1.29 is 8.85 Å². The SMILES string of the molecule is [2H]c1nc(-n2c3ccccc3c3ccc(Oc4cccc(N5CN(c6c(-c7cccc(-c8ccccc8)c7)cc(C(C)(C)C)cc6-c6cccc(-c7ccccc7)c6)c6ccccc65)c4)cc32)c([2H])c(C(C)(C)C)c1[2H]. The molecule has 9 aromatic carbocycles. The zero-order valence-corrected chi connectivity index (χ0v) is 42.1. The van der Waals surface area contributed by atoms with Crippen LogP contribution in [0, 0.1) is 0 Å². The van der Waals surface area contributed by atoms with Gasteiger partial charge in [0.15, 0.2) is 0 Å². The Morgan fingerprint density at radius 1 is 0.452 bits per heavy atom. The highest BCUT2D eigenvalue weighted by Gasteiger charge is 2.33. The van der Waals surface area contributed by atoms with Gasteiger partial charge in [0, 0.05) is 45.9 Å². The Balaban J connectivity index is 0.978. The van der Waals surface area contributed by atoms with Gasteiger partial charge in [0.05, 0.1) is 32.2 Å². The smallest absolute Gasteiger partial charge is 0.137 e. The van der Waals surface area contributed by atoms with E-state index in [1.807, 2.05) is 67.8 Å². The van der Waals surface area contributed by atoms with Gasteiger partial charge >= 0.3 is 0 Å². The van der Waals surface area contributed by atoms with Gasteiger partial charge in [-0.2, -0.15) is 0 Å². The van der Waals surface area contributed by atoms with Crippen LogP contribution < -0.4 is 14.5 Å². The Morgan fingerprint density at radius 3 is 1.63 bits per heavy atom. The van der Waals surface area contributed by atoms with E-state index in [1.54, 1.807) is 0 Å². The van der Waals surface area contributed by atoms with E-state index in [0.717, 1.165) is 77.9 Å². The number of nitrogens with zero attached hydrogens (tertiary/aromatic N) is 4. The van der Waals surface area contributed by atoms with E-state index in [2.05, 4.69) is 205 Å². The summed E-state index contributed by atoms with van der Waals surface area (Å²) in [6, 6.07) is 75.3.